The number of aromatic nitrogens is 3. The van der Waals surface area contributed by atoms with Crippen LogP contribution < -0.4 is 0 Å². The molecule has 0 spiro atoms. The Kier molecular flexibility index (Phi) is 4.59. The third kappa shape index (κ3) is 3.59. The number of rotatable bonds is 6. The van der Waals surface area contributed by atoms with Crippen LogP contribution in [0, 0.1) is 12.7 Å². The Morgan fingerprint density at radius 1 is 1.32 bits per heavy atom. The third-order valence-corrected chi connectivity index (χ3v) is 2.64. The normalized spacial score (nSPS) is 10.9. The van der Waals surface area contributed by atoms with E-state index < -0.39 is 0 Å². The predicted octanol–water partition coefficient (Wildman–Crippen LogP) is 1.88. The molecule has 0 aliphatic carbocycles. The maximum Gasteiger partial charge on any atom is 0.128 e. The van der Waals surface area contributed by atoms with E-state index in [2.05, 4.69) is 10.3 Å². The third-order valence-electron chi connectivity index (χ3n) is 2.64. The number of benzene rings is 1. The summed E-state index contributed by atoms with van der Waals surface area (Å²) in [6, 6.07) is 4.93. The molecule has 0 bridgehead atoms. The van der Waals surface area contributed by atoms with Crippen molar-refractivity contribution in [3.05, 3.63) is 41.5 Å². The van der Waals surface area contributed by atoms with Gasteiger partial charge in [-0.2, -0.15) is 0 Å². The number of methoxy groups -OCH3 is 1. The largest absolute Gasteiger partial charge is 0.382 e. The lowest BCUT2D eigenvalue weighted by molar-refractivity contribution is 0.0602. The van der Waals surface area contributed by atoms with Crippen LogP contribution in [0.4, 0.5) is 4.39 Å². The molecule has 0 radical (unpaired) electrons. The maximum absolute atomic E-state index is 13.5. The summed E-state index contributed by atoms with van der Waals surface area (Å²) in [6.45, 7) is 3.12. The maximum atomic E-state index is 13.5. The Hall–Kier alpha value is -1.79. The smallest absolute Gasteiger partial charge is 0.128 e. The SMILES string of the molecule is COCCOCc1cn(-c2ccc(C)c(F)c2)nn1. The van der Waals surface area contributed by atoms with Crippen LogP contribution in [0.1, 0.15) is 11.3 Å². The van der Waals surface area contributed by atoms with Crippen molar-refractivity contribution in [1.29, 1.82) is 0 Å². The van der Waals surface area contributed by atoms with Crippen molar-refractivity contribution in [1.82, 2.24) is 15.0 Å². The summed E-state index contributed by atoms with van der Waals surface area (Å²) in [5.41, 5.74) is 1.93. The number of hydrogen-bond donors (Lipinski definition) is 0. The average molecular weight is 265 g/mol. The summed E-state index contributed by atoms with van der Waals surface area (Å²) in [7, 11) is 1.62. The fraction of sp³-hybridized carbons (Fsp3) is 0.385. The van der Waals surface area contributed by atoms with Crippen LogP contribution in [0.2, 0.25) is 0 Å². The van der Waals surface area contributed by atoms with Gasteiger partial charge in [0, 0.05) is 7.11 Å². The number of nitrogens with zero attached hydrogens (tertiary/aromatic N) is 3. The van der Waals surface area contributed by atoms with Crippen molar-refractivity contribution in [2.75, 3.05) is 20.3 Å². The monoisotopic (exact) mass is 265 g/mol. The summed E-state index contributed by atoms with van der Waals surface area (Å²) in [6.07, 6.45) is 1.72. The Balaban J connectivity index is 2.01. The van der Waals surface area contributed by atoms with Gasteiger partial charge < -0.3 is 9.47 Å². The van der Waals surface area contributed by atoms with Crippen LogP contribution in [0.25, 0.3) is 5.69 Å². The van der Waals surface area contributed by atoms with Crippen LogP contribution in [-0.2, 0) is 16.1 Å². The molecule has 0 saturated carbocycles. The summed E-state index contributed by atoms with van der Waals surface area (Å²) in [4.78, 5) is 0. The van der Waals surface area contributed by atoms with Gasteiger partial charge in [-0.1, -0.05) is 11.3 Å². The molecule has 0 saturated heterocycles. The molecule has 1 aromatic heterocycles. The van der Waals surface area contributed by atoms with Crippen molar-refractivity contribution < 1.29 is 13.9 Å². The van der Waals surface area contributed by atoms with Gasteiger partial charge in [-0.25, -0.2) is 9.07 Å². The molecule has 2 aromatic rings. The fourth-order valence-corrected chi connectivity index (χ4v) is 1.53. The van der Waals surface area contributed by atoms with Crippen molar-refractivity contribution >= 4 is 0 Å². The second kappa shape index (κ2) is 6.40. The van der Waals surface area contributed by atoms with Gasteiger partial charge in [0.25, 0.3) is 0 Å². The lowest BCUT2D eigenvalue weighted by Crippen LogP contribution is -2.01. The number of halogens is 1. The van der Waals surface area contributed by atoms with Gasteiger partial charge in [0.15, 0.2) is 0 Å². The van der Waals surface area contributed by atoms with E-state index in [1.54, 1.807) is 32.4 Å². The van der Waals surface area contributed by atoms with Gasteiger partial charge in [-0.05, 0) is 24.6 Å². The standard InChI is InChI=1S/C13H16FN3O2/c1-10-3-4-12(7-13(10)14)17-8-11(15-16-17)9-19-6-5-18-2/h3-4,7-8H,5-6,9H2,1-2H3. The molecule has 19 heavy (non-hydrogen) atoms. The summed E-state index contributed by atoms with van der Waals surface area (Å²) in [5, 5.41) is 7.91. The summed E-state index contributed by atoms with van der Waals surface area (Å²) in [5.74, 6) is -0.258. The molecule has 5 nitrogen and oxygen atoms in total. The van der Waals surface area contributed by atoms with Gasteiger partial charge >= 0.3 is 0 Å². The minimum absolute atomic E-state index is 0.258. The first kappa shape index (κ1) is 13.6. The van der Waals surface area contributed by atoms with Crippen LogP contribution in [0.3, 0.4) is 0 Å². The summed E-state index contributed by atoms with van der Waals surface area (Å²) >= 11 is 0. The molecule has 0 atom stereocenters. The molecular formula is C13H16FN3O2. The Labute approximate surface area is 111 Å². The van der Waals surface area contributed by atoms with Gasteiger partial charge in [0.05, 0.1) is 31.7 Å². The van der Waals surface area contributed by atoms with Gasteiger partial charge in [-0.15, -0.1) is 5.10 Å². The molecule has 0 N–H and O–H groups in total. The van der Waals surface area contributed by atoms with Gasteiger partial charge in [-0.3, -0.25) is 0 Å². The minimum atomic E-state index is -0.258. The van der Waals surface area contributed by atoms with Crippen LogP contribution >= 0.6 is 0 Å². The zero-order chi connectivity index (χ0) is 13.7. The van der Waals surface area contributed by atoms with Gasteiger partial charge in [0.2, 0.25) is 0 Å². The van der Waals surface area contributed by atoms with Crippen molar-refractivity contribution in [3.63, 3.8) is 0 Å². The van der Waals surface area contributed by atoms with E-state index >= 15 is 0 Å². The highest BCUT2D eigenvalue weighted by Crippen LogP contribution is 2.12. The van der Waals surface area contributed by atoms with Crippen molar-refractivity contribution in [2.45, 2.75) is 13.5 Å². The first-order valence-electron chi connectivity index (χ1n) is 5.95. The lowest BCUT2D eigenvalue weighted by atomic mass is 10.2. The quantitative estimate of drug-likeness (QED) is 0.748. The highest BCUT2D eigenvalue weighted by Gasteiger charge is 2.05. The number of aryl methyl sites for hydroxylation is 1. The van der Waals surface area contributed by atoms with E-state index in [9.17, 15) is 4.39 Å². The number of ether oxygens (including phenoxy) is 2. The molecular weight excluding hydrogens is 249 g/mol. The lowest BCUT2D eigenvalue weighted by Gasteiger charge is -2.02. The molecule has 2 rings (SSSR count). The van der Waals surface area contributed by atoms with E-state index in [-0.39, 0.29) is 5.82 Å². The van der Waals surface area contributed by atoms with Crippen LogP contribution in [-0.4, -0.2) is 35.3 Å². The average Bonchev–Trinajstić information content (AvgIpc) is 2.87. The zero-order valence-electron chi connectivity index (χ0n) is 11.0. The summed E-state index contributed by atoms with van der Waals surface area (Å²) < 4.78 is 25.2. The van der Waals surface area contributed by atoms with E-state index in [1.165, 1.54) is 10.7 Å². The second-order valence-corrected chi connectivity index (χ2v) is 4.13. The van der Waals surface area contributed by atoms with E-state index in [0.717, 1.165) is 0 Å². The second-order valence-electron chi connectivity index (χ2n) is 4.13. The molecule has 0 fully saturated rings. The molecule has 0 amide bonds. The number of hydrogen-bond acceptors (Lipinski definition) is 4. The highest BCUT2D eigenvalue weighted by atomic mass is 19.1. The van der Waals surface area contributed by atoms with E-state index in [4.69, 9.17) is 9.47 Å². The topological polar surface area (TPSA) is 49.2 Å². The molecule has 1 aromatic carbocycles. The predicted molar refractivity (Wildman–Crippen MR) is 67.6 cm³/mol. The molecule has 6 heteroatoms. The fourth-order valence-electron chi connectivity index (χ4n) is 1.53. The van der Waals surface area contributed by atoms with Crippen LogP contribution in [0.5, 0.6) is 0 Å². The Morgan fingerprint density at radius 3 is 2.89 bits per heavy atom. The molecule has 102 valence electrons. The molecule has 0 aliphatic heterocycles. The minimum Gasteiger partial charge on any atom is -0.382 e. The highest BCUT2D eigenvalue weighted by molar-refractivity contribution is 5.34. The van der Waals surface area contributed by atoms with Crippen molar-refractivity contribution in [2.24, 2.45) is 0 Å². The van der Waals surface area contributed by atoms with Gasteiger partial charge in [0.1, 0.15) is 11.5 Å². The van der Waals surface area contributed by atoms with Crippen molar-refractivity contribution in [3.8, 4) is 5.69 Å². The first-order valence-corrected chi connectivity index (χ1v) is 5.95. The van der Waals surface area contributed by atoms with Crippen LogP contribution in [0.15, 0.2) is 24.4 Å². The Bertz CT molecular complexity index is 542. The van der Waals surface area contributed by atoms with E-state index in [0.29, 0.717) is 36.8 Å². The Morgan fingerprint density at radius 2 is 2.16 bits per heavy atom. The van der Waals surface area contributed by atoms with E-state index in [1.807, 2.05) is 0 Å². The molecule has 1 heterocycles. The first-order chi connectivity index (χ1) is 9.20. The molecule has 0 aliphatic rings. The molecule has 0 unspecified atom stereocenters. The zero-order valence-corrected chi connectivity index (χ0v) is 11.0.